The van der Waals surface area contributed by atoms with Gasteiger partial charge in [-0.05, 0) is 37.5 Å². The van der Waals surface area contributed by atoms with E-state index in [0.29, 0.717) is 53.5 Å². The van der Waals surface area contributed by atoms with Gasteiger partial charge in [-0.1, -0.05) is 11.3 Å². The van der Waals surface area contributed by atoms with Crippen molar-refractivity contribution in [1.82, 2.24) is 20.3 Å². The fourth-order valence-electron chi connectivity index (χ4n) is 4.98. The van der Waals surface area contributed by atoms with E-state index < -0.39 is 5.97 Å². The van der Waals surface area contributed by atoms with Gasteiger partial charge in [-0.15, -0.1) is 0 Å². The van der Waals surface area contributed by atoms with Crippen LogP contribution in [0.1, 0.15) is 32.9 Å². The van der Waals surface area contributed by atoms with E-state index in [9.17, 15) is 14.7 Å². The third-order valence-corrected chi connectivity index (χ3v) is 7.82. The smallest absolute Gasteiger partial charge is 0.347 e. The van der Waals surface area contributed by atoms with Gasteiger partial charge < -0.3 is 34.4 Å². The monoisotopic (exact) mass is 569 g/mol. The quantitative estimate of drug-likeness (QED) is 0.347. The molecule has 14 heteroatoms. The Kier molecular flexibility index (Phi) is 7.78. The number of piperazine rings is 1. The van der Waals surface area contributed by atoms with Crippen LogP contribution in [0.5, 0.6) is 17.2 Å². The highest BCUT2D eigenvalue weighted by Crippen LogP contribution is 2.40. The number of methoxy groups -OCH3 is 3. The number of hydrogen-bond acceptors (Lipinski definition) is 12. The second-order valence-electron chi connectivity index (χ2n) is 9.37. The average molecular weight is 570 g/mol. The number of aromatic carboxylic acids is 1. The van der Waals surface area contributed by atoms with Crippen LogP contribution >= 0.6 is 11.3 Å². The molecule has 2 aromatic heterocycles. The minimum Gasteiger partial charge on any atom is -0.493 e. The summed E-state index contributed by atoms with van der Waals surface area (Å²) < 4.78 is 16.6. The van der Waals surface area contributed by atoms with Crippen LogP contribution in [0.3, 0.4) is 0 Å². The Bertz CT molecular complexity index is 1420. The number of carbonyl (C=O) groups excluding carboxylic acids is 1. The van der Waals surface area contributed by atoms with E-state index in [1.165, 1.54) is 0 Å². The molecule has 1 amide bonds. The lowest BCUT2D eigenvalue weighted by Crippen LogP contribution is -2.48. The third kappa shape index (κ3) is 5.39. The van der Waals surface area contributed by atoms with Crippen molar-refractivity contribution >= 4 is 45.9 Å². The van der Waals surface area contributed by atoms with Gasteiger partial charge in [0, 0.05) is 31.7 Å². The number of fused-ring (bicyclic) bond motifs is 1. The molecule has 13 nitrogen and oxygen atoms in total. The van der Waals surface area contributed by atoms with Gasteiger partial charge in [-0.3, -0.25) is 10.1 Å². The Balaban J connectivity index is 1.55. The highest BCUT2D eigenvalue weighted by atomic mass is 32.1. The molecule has 1 fully saturated rings. The number of hydrogen-bond donors (Lipinski definition) is 3. The summed E-state index contributed by atoms with van der Waals surface area (Å²) in [7, 11) is 4.73. The molecule has 0 bridgehead atoms. The number of rotatable bonds is 9. The first kappa shape index (κ1) is 27.2. The number of anilines is 4. The van der Waals surface area contributed by atoms with Gasteiger partial charge in [0.15, 0.2) is 16.6 Å². The van der Waals surface area contributed by atoms with Crippen LogP contribution in [-0.4, -0.2) is 79.4 Å². The van der Waals surface area contributed by atoms with E-state index in [1.54, 1.807) is 28.3 Å². The summed E-state index contributed by atoms with van der Waals surface area (Å²) >= 11 is 1.02. The summed E-state index contributed by atoms with van der Waals surface area (Å²) in [5, 5.41) is 15.8. The summed E-state index contributed by atoms with van der Waals surface area (Å²) in [6, 6.07) is 3.83. The number of carbonyl (C=O) groups is 2. The van der Waals surface area contributed by atoms with Gasteiger partial charge >= 0.3 is 5.97 Å². The first-order chi connectivity index (χ1) is 19.3. The molecule has 4 heterocycles. The fourth-order valence-corrected chi connectivity index (χ4v) is 5.78. The molecule has 1 aromatic carbocycles. The highest BCUT2D eigenvalue weighted by Gasteiger charge is 2.29. The molecule has 0 saturated carbocycles. The van der Waals surface area contributed by atoms with Crippen molar-refractivity contribution in [3.05, 3.63) is 33.8 Å². The Labute approximate surface area is 235 Å². The summed E-state index contributed by atoms with van der Waals surface area (Å²) in [5.74, 6) is 2.24. The molecule has 0 atom stereocenters. The predicted octanol–water partition coefficient (Wildman–Crippen LogP) is 2.60. The van der Waals surface area contributed by atoms with Crippen molar-refractivity contribution in [2.75, 3.05) is 62.6 Å². The summed E-state index contributed by atoms with van der Waals surface area (Å²) in [5.41, 5.74) is 2.31. The number of benzene rings is 1. The van der Waals surface area contributed by atoms with Gasteiger partial charge in [-0.25, -0.2) is 9.78 Å². The molecular formula is C26H31N7O6S. The number of ether oxygens (including phenoxy) is 3. The van der Waals surface area contributed by atoms with Crippen molar-refractivity contribution < 1.29 is 28.9 Å². The van der Waals surface area contributed by atoms with Crippen molar-refractivity contribution in [3.63, 3.8) is 0 Å². The zero-order valence-electron chi connectivity index (χ0n) is 22.7. The minimum atomic E-state index is -1.04. The molecule has 2 aliphatic heterocycles. The Morgan fingerprint density at radius 1 is 1.10 bits per heavy atom. The molecule has 0 aliphatic carbocycles. The average Bonchev–Trinajstić information content (AvgIpc) is 3.32. The molecule has 5 rings (SSSR count). The van der Waals surface area contributed by atoms with Gasteiger partial charge in [0.2, 0.25) is 17.6 Å². The lowest BCUT2D eigenvalue weighted by Gasteiger charge is -2.35. The van der Waals surface area contributed by atoms with E-state index in [-0.39, 0.29) is 23.3 Å². The molecule has 1 saturated heterocycles. The number of thiazole rings is 1. The van der Waals surface area contributed by atoms with Gasteiger partial charge in [0.1, 0.15) is 16.5 Å². The van der Waals surface area contributed by atoms with E-state index >= 15 is 0 Å². The maximum atomic E-state index is 12.3. The largest absolute Gasteiger partial charge is 0.493 e. The Hall–Kier alpha value is -4.33. The lowest BCUT2D eigenvalue weighted by atomic mass is 10.0. The lowest BCUT2D eigenvalue weighted by molar-refractivity contribution is -0.120. The Morgan fingerprint density at radius 3 is 2.45 bits per heavy atom. The zero-order valence-corrected chi connectivity index (χ0v) is 23.6. The van der Waals surface area contributed by atoms with Crippen molar-refractivity contribution in [2.24, 2.45) is 0 Å². The molecule has 3 N–H and O–H groups in total. The van der Waals surface area contributed by atoms with Gasteiger partial charge in [0.05, 0.1) is 33.6 Å². The second-order valence-corrected chi connectivity index (χ2v) is 10.4. The minimum absolute atomic E-state index is 0.0696. The standard InChI is InChI=1S/C26H31N7O6S/c1-14-21(24(35)36)40-26(28-14)31-25-29-22-16(23(30-25)33-9-7-27-19(34)13-33)6-5-8-32(22)12-15-10-17(37-2)20(39-4)18(11-15)38-3/h10-11H,5-9,12-13H2,1-4H3,(H,27,34)(H,35,36)(H,28,29,30,31). The van der Waals surface area contributed by atoms with Crippen LogP contribution in [-0.2, 0) is 17.8 Å². The molecule has 40 heavy (non-hydrogen) atoms. The molecule has 0 radical (unpaired) electrons. The highest BCUT2D eigenvalue weighted by molar-refractivity contribution is 7.17. The van der Waals surface area contributed by atoms with Gasteiger partial charge in [0.25, 0.3) is 0 Å². The molecular weight excluding hydrogens is 538 g/mol. The topological polar surface area (TPSA) is 151 Å². The first-order valence-electron chi connectivity index (χ1n) is 12.7. The van der Waals surface area contributed by atoms with E-state index in [1.807, 2.05) is 17.0 Å². The first-order valence-corrected chi connectivity index (χ1v) is 13.6. The predicted molar refractivity (Wildman–Crippen MR) is 150 cm³/mol. The SMILES string of the molecule is COc1cc(CN2CCCc3c(N4CCNC(=O)C4)nc(Nc4nc(C)c(C(=O)O)s4)nc32)cc(OC)c1OC. The number of carboxylic acid groups (broad SMARTS) is 1. The van der Waals surface area contributed by atoms with Gasteiger partial charge in [-0.2, -0.15) is 9.97 Å². The van der Waals surface area contributed by atoms with Crippen LogP contribution in [0, 0.1) is 6.92 Å². The number of nitrogens with zero attached hydrogens (tertiary/aromatic N) is 5. The van der Waals surface area contributed by atoms with Crippen molar-refractivity contribution in [1.29, 1.82) is 0 Å². The normalized spacial score (nSPS) is 14.8. The molecule has 2 aliphatic rings. The maximum absolute atomic E-state index is 12.3. The summed E-state index contributed by atoms with van der Waals surface area (Å²) in [4.78, 5) is 42.1. The summed E-state index contributed by atoms with van der Waals surface area (Å²) in [6.07, 6.45) is 1.64. The van der Waals surface area contributed by atoms with Crippen LogP contribution < -0.4 is 34.6 Å². The fraction of sp³-hybridized carbons (Fsp3) is 0.423. The second kappa shape index (κ2) is 11.4. The van der Waals surface area contributed by atoms with E-state index in [0.717, 1.165) is 47.7 Å². The molecule has 0 spiro atoms. The molecule has 212 valence electrons. The zero-order chi connectivity index (χ0) is 28.4. The van der Waals surface area contributed by atoms with E-state index in [4.69, 9.17) is 24.2 Å². The third-order valence-electron chi connectivity index (χ3n) is 6.76. The van der Waals surface area contributed by atoms with E-state index in [2.05, 4.69) is 20.5 Å². The number of amides is 1. The molecule has 0 unspecified atom stereocenters. The van der Waals surface area contributed by atoms with Crippen molar-refractivity contribution in [2.45, 2.75) is 26.3 Å². The van der Waals surface area contributed by atoms with Crippen molar-refractivity contribution in [3.8, 4) is 17.2 Å². The molecule has 3 aromatic rings. The van der Waals surface area contributed by atoms with Crippen LogP contribution in [0.2, 0.25) is 0 Å². The summed E-state index contributed by atoms with van der Waals surface area (Å²) in [6.45, 7) is 4.23. The number of nitrogens with one attached hydrogen (secondary N) is 2. The number of aromatic nitrogens is 3. The van der Waals surface area contributed by atoms with Crippen LogP contribution in [0.4, 0.5) is 22.7 Å². The number of carboxylic acids is 1. The maximum Gasteiger partial charge on any atom is 0.347 e. The number of aryl methyl sites for hydroxylation is 1. The van der Waals surface area contributed by atoms with Crippen LogP contribution in [0.25, 0.3) is 0 Å². The van der Waals surface area contributed by atoms with Crippen LogP contribution in [0.15, 0.2) is 12.1 Å². The Morgan fingerprint density at radius 2 is 1.82 bits per heavy atom.